The summed E-state index contributed by atoms with van der Waals surface area (Å²) in [6.07, 6.45) is -0.0679. The third-order valence-electron chi connectivity index (χ3n) is 2.69. The van der Waals surface area contributed by atoms with Crippen molar-refractivity contribution >= 4 is 28.5 Å². The van der Waals surface area contributed by atoms with E-state index in [1.54, 1.807) is 0 Å². The maximum atomic E-state index is 12.1. The van der Waals surface area contributed by atoms with Crippen LogP contribution >= 0.6 is 11.3 Å². The molecule has 0 atom stereocenters. The lowest BCUT2D eigenvalue weighted by atomic mass is 10.3. The highest BCUT2D eigenvalue weighted by atomic mass is 32.1. The Morgan fingerprint density at radius 1 is 1.42 bits per heavy atom. The number of carboxylic acids is 1. The third kappa shape index (κ3) is 4.51. The zero-order chi connectivity index (χ0) is 14.6. The first kappa shape index (κ1) is 15.4. The summed E-state index contributed by atoms with van der Waals surface area (Å²) in [5.41, 5.74) is 0.891. The highest BCUT2D eigenvalue weighted by molar-refractivity contribution is 7.15. The van der Waals surface area contributed by atoms with Gasteiger partial charge >= 0.3 is 12.0 Å². The molecule has 2 N–H and O–H groups in total. The van der Waals surface area contributed by atoms with Crippen molar-refractivity contribution in [1.29, 1.82) is 0 Å². The molecule has 7 heteroatoms. The van der Waals surface area contributed by atoms with Crippen LogP contribution in [0.5, 0.6) is 0 Å². The Kier molecular flexibility index (Phi) is 5.29. The lowest BCUT2D eigenvalue weighted by Crippen LogP contribution is -2.41. The Morgan fingerprint density at radius 3 is 2.47 bits per heavy atom. The summed E-state index contributed by atoms with van der Waals surface area (Å²) in [5, 5.41) is 11.9. The highest BCUT2D eigenvalue weighted by Gasteiger charge is 2.19. The van der Waals surface area contributed by atoms with Gasteiger partial charge in [0.2, 0.25) is 0 Å². The van der Waals surface area contributed by atoms with Crippen molar-refractivity contribution in [2.45, 2.75) is 40.2 Å². The number of aliphatic carboxylic acids is 1. The number of hydrogen-bond acceptors (Lipinski definition) is 4. The fourth-order valence-electron chi connectivity index (χ4n) is 1.50. The Labute approximate surface area is 116 Å². The van der Waals surface area contributed by atoms with E-state index in [-0.39, 0.29) is 25.0 Å². The molecule has 0 unspecified atom stereocenters. The van der Waals surface area contributed by atoms with Gasteiger partial charge in [-0.1, -0.05) is 0 Å². The monoisotopic (exact) mass is 285 g/mol. The topological polar surface area (TPSA) is 82.5 Å². The molecule has 6 nitrogen and oxygen atoms in total. The van der Waals surface area contributed by atoms with Crippen LogP contribution in [0.3, 0.4) is 0 Å². The molecule has 106 valence electrons. The molecule has 1 aromatic rings. The Morgan fingerprint density at radius 2 is 2.05 bits per heavy atom. The SMILES string of the molecule is Cc1nc(NC(=O)N(CCC(=O)O)C(C)C)sc1C. The predicted molar refractivity (Wildman–Crippen MR) is 74.7 cm³/mol. The molecular formula is C12H19N3O3S. The van der Waals surface area contributed by atoms with Gasteiger partial charge in [0.1, 0.15) is 0 Å². The first-order valence-corrected chi connectivity index (χ1v) is 6.86. The molecule has 0 spiro atoms. The molecule has 0 saturated carbocycles. The number of carboxylic acid groups (broad SMARTS) is 1. The molecule has 0 aliphatic carbocycles. The van der Waals surface area contributed by atoms with Crippen molar-refractivity contribution in [3.05, 3.63) is 10.6 Å². The van der Waals surface area contributed by atoms with E-state index in [1.807, 2.05) is 27.7 Å². The first-order valence-electron chi connectivity index (χ1n) is 6.04. The van der Waals surface area contributed by atoms with E-state index >= 15 is 0 Å². The van der Waals surface area contributed by atoms with Crippen molar-refractivity contribution in [3.8, 4) is 0 Å². The molecule has 0 fully saturated rings. The molecule has 1 rings (SSSR count). The number of rotatable bonds is 5. The average molecular weight is 285 g/mol. The summed E-state index contributed by atoms with van der Waals surface area (Å²) in [5.74, 6) is -0.917. The van der Waals surface area contributed by atoms with Gasteiger partial charge in [0, 0.05) is 17.5 Å². The molecular weight excluding hydrogens is 266 g/mol. The quantitative estimate of drug-likeness (QED) is 0.870. The van der Waals surface area contributed by atoms with Crippen LogP contribution in [0, 0.1) is 13.8 Å². The summed E-state index contributed by atoms with van der Waals surface area (Å²) in [6, 6.07) is -0.383. The molecule has 0 aromatic carbocycles. The number of carbonyl (C=O) groups is 2. The van der Waals surface area contributed by atoms with Crippen LogP contribution in [0.2, 0.25) is 0 Å². The normalized spacial score (nSPS) is 10.6. The molecule has 1 heterocycles. The molecule has 2 amide bonds. The van der Waals surface area contributed by atoms with E-state index in [2.05, 4.69) is 10.3 Å². The van der Waals surface area contributed by atoms with Crippen LogP contribution in [0.1, 0.15) is 30.8 Å². The smallest absolute Gasteiger partial charge is 0.323 e. The molecule has 0 bridgehead atoms. The second-order valence-electron chi connectivity index (χ2n) is 4.52. The largest absolute Gasteiger partial charge is 0.481 e. The molecule has 0 aliphatic rings. The van der Waals surface area contributed by atoms with Crippen molar-refractivity contribution in [1.82, 2.24) is 9.88 Å². The minimum Gasteiger partial charge on any atom is -0.481 e. The first-order chi connectivity index (χ1) is 8.81. The maximum absolute atomic E-state index is 12.1. The summed E-state index contributed by atoms with van der Waals surface area (Å²) >= 11 is 1.41. The lowest BCUT2D eigenvalue weighted by Gasteiger charge is -2.25. The van der Waals surface area contributed by atoms with Gasteiger partial charge in [0.15, 0.2) is 5.13 Å². The van der Waals surface area contributed by atoms with Crippen LogP contribution in [0.4, 0.5) is 9.93 Å². The van der Waals surface area contributed by atoms with Gasteiger partial charge in [0.05, 0.1) is 12.1 Å². The molecule has 0 saturated heterocycles. The van der Waals surface area contributed by atoms with Gasteiger partial charge in [-0.25, -0.2) is 9.78 Å². The number of hydrogen-bond donors (Lipinski definition) is 2. The zero-order valence-electron chi connectivity index (χ0n) is 11.6. The second kappa shape index (κ2) is 6.51. The minimum atomic E-state index is -0.917. The maximum Gasteiger partial charge on any atom is 0.323 e. The minimum absolute atomic E-state index is 0.0679. The Hall–Kier alpha value is -1.63. The predicted octanol–water partition coefficient (Wildman–Crippen LogP) is 2.48. The lowest BCUT2D eigenvalue weighted by molar-refractivity contribution is -0.137. The Bertz CT molecular complexity index is 451. The number of amides is 2. The van der Waals surface area contributed by atoms with E-state index in [9.17, 15) is 9.59 Å². The van der Waals surface area contributed by atoms with Crippen LogP contribution < -0.4 is 5.32 Å². The number of thiazole rings is 1. The summed E-state index contributed by atoms with van der Waals surface area (Å²) in [6.45, 7) is 7.70. The number of nitrogens with one attached hydrogen (secondary N) is 1. The second-order valence-corrected chi connectivity index (χ2v) is 5.72. The van der Waals surface area contributed by atoms with Crippen LogP contribution in [0.15, 0.2) is 0 Å². The van der Waals surface area contributed by atoms with Gasteiger partial charge in [-0.3, -0.25) is 10.1 Å². The molecule has 1 aromatic heterocycles. The van der Waals surface area contributed by atoms with Gasteiger partial charge < -0.3 is 10.0 Å². The highest BCUT2D eigenvalue weighted by Crippen LogP contribution is 2.21. The van der Waals surface area contributed by atoms with Crippen LogP contribution in [-0.4, -0.2) is 39.6 Å². The summed E-state index contributed by atoms with van der Waals surface area (Å²) in [7, 11) is 0. The van der Waals surface area contributed by atoms with E-state index in [0.29, 0.717) is 5.13 Å². The van der Waals surface area contributed by atoms with Crippen molar-refractivity contribution in [2.24, 2.45) is 0 Å². The fraction of sp³-hybridized carbons (Fsp3) is 0.583. The van der Waals surface area contributed by atoms with Crippen LogP contribution in [0.25, 0.3) is 0 Å². The number of urea groups is 1. The van der Waals surface area contributed by atoms with E-state index < -0.39 is 5.97 Å². The molecule has 19 heavy (non-hydrogen) atoms. The van der Waals surface area contributed by atoms with Crippen LogP contribution in [-0.2, 0) is 4.79 Å². The number of carbonyl (C=O) groups excluding carboxylic acids is 1. The van der Waals surface area contributed by atoms with Crippen molar-refractivity contribution in [2.75, 3.05) is 11.9 Å². The summed E-state index contributed by atoms with van der Waals surface area (Å²) in [4.78, 5) is 29.4. The third-order valence-corrected chi connectivity index (χ3v) is 3.68. The number of anilines is 1. The van der Waals surface area contributed by atoms with E-state index in [1.165, 1.54) is 16.2 Å². The van der Waals surface area contributed by atoms with Crippen molar-refractivity contribution < 1.29 is 14.7 Å². The van der Waals surface area contributed by atoms with Gasteiger partial charge in [-0.15, -0.1) is 11.3 Å². The molecule has 0 aliphatic heterocycles. The van der Waals surface area contributed by atoms with Crippen molar-refractivity contribution in [3.63, 3.8) is 0 Å². The standard InChI is InChI=1S/C12H19N3O3S/c1-7(2)15(6-5-10(16)17)12(18)14-11-13-8(3)9(4)19-11/h7H,5-6H2,1-4H3,(H,16,17)(H,13,14,18). The summed E-state index contributed by atoms with van der Waals surface area (Å²) < 4.78 is 0. The zero-order valence-corrected chi connectivity index (χ0v) is 12.4. The fourth-order valence-corrected chi connectivity index (χ4v) is 2.30. The number of aryl methyl sites for hydroxylation is 2. The van der Waals surface area contributed by atoms with Gasteiger partial charge in [0.25, 0.3) is 0 Å². The number of nitrogens with zero attached hydrogens (tertiary/aromatic N) is 2. The average Bonchev–Trinajstić information content (AvgIpc) is 2.56. The van der Waals surface area contributed by atoms with E-state index in [0.717, 1.165) is 10.6 Å². The number of aromatic nitrogens is 1. The molecule has 0 radical (unpaired) electrons. The van der Waals surface area contributed by atoms with Gasteiger partial charge in [-0.2, -0.15) is 0 Å². The van der Waals surface area contributed by atoms with Gasteiger partial charge in [-0.05, 0) is 27.7 Å². The van der Waals surface area contributed by atoms with E-state index in [4.69, 9.17) is 5.11 Å². The Balaban J connectivity index is 2.69.